The second-order valence-electron chi connectivity index (χ2n) is 6.34. The summed E-state index contributed by atoms with van der Waals surface area (Å²) in [5.74, 6) is -0.339. The average molecular weight is 336 g/mol. The molecular weight excluding hydrogens is 314 g/mol. The molecule has 0 amide bonds. The van der Waals surface area contributed by atoms with E-state index in [0.717, 1.165) is 49.6 Å². The Morgan fingerprint density at radius 2 is 2.09 bits per heavy atom. The molecule has 2 nitrogen and oxygen atoms in total. The highest BCUT2D eigenvalue weighted by molar-refractivity contribution is 7.09. The number of rotatable bonds is 5. The SMILES string of the molecule is Cc1nc(CN2CCC[C@@H](CCc3c(F)cccc3F)C2)cs1. The first-order chi connectivity index (χ1) is 11.1. The van der Waals surface area contributed by atoms with Crippen molar-refractivity contribution in [2.24, 2.45) is 5.92 Å². The molecule has 0 radical (unpaired) electrons. The van der Waals surface area contributed by atoms with Crippen LogP contribution in [0.25, 0.3) is 0 Å². The molecule has 2 aromatic rings. The highest BCUT2D eigenvalue weighted by Crippen LogP contribution is 2.24. The molecule has 124 valence electrons. The Morgan fingerprint density at radius 3 is 2.78 bits per heavy atom. The lowest BCUT2D eigenvalue weighted by Crippen LogP contribution is -2.35. The number of aromatic nitrogens is 1. The fourth-order valence-electron chi connectivity index (χ4n) is 3.36. The van der Waals surface area contributed by atoms with Crippen molar-refractivity contribution in [3.8, 4) is 0 Å². The third-order valence-corrected chi connectivity index (χ3v) is 5.34. The topological polar surface area (TPSA) is 16.1 Å². The van der Waals surface area contributed by atoms with Gasteiger partial charge >= 0.3 is 0 Å². The van der Waals surface area contributed by atoms with E-state index in [-0.39, 0.29) is 5.56 Å². The van der Waals surface area contributed by atoms with Gasteiger partial charge in [0.1, 0.15) is 11.6 Å². The van der Waals surface area contributed by atoms with Crippen molar-refractivity contribution >= 4 is 11.3 Å². The summed E-state index contributed by atoms with van der Waals surface area (Å²) >= 11 is 1.68. The molecule has 1 fully saturated rings. The molecule has 0 saturated carbocycles. The first-order valence-corrected chi connectivity index (χ1v) is 9.06. The van der Waals surface area contributed by atoms with Gasteiger partial charge in [0.15, 0.2) is 0 Å². The van der Waals surface area contributed by atoms with Gasteiger partial charge in [0, 0.05) is 24.0 Å². The number of thiazole rings is 1. The summed E-state index contributed by atoms with van der Waals surface area (Å²) in [4.78, 5) is 6.94. The van der Waals surface area contributed by atoms with Crippen LogP contribution in [-0.2, 0) is 13.0 Å². The Bertz CT molecular complexity index is 636. The fraction of sp³-hybridized carbons (Fsp3) is 0.500. The molecule has 23 heavy (non-hydrogen) atoms. The molecule has 1 aromatic heterocycles. The van der Waals surface area contributed by atoms with Crippen LogP contribution in [0.2, 0.25) is 0 Å². The van der Waals surface area contributed by atoms with Gasteiger partial charge in [-0.05, 0) is 57.2 Å². The minimum absolute atomic E-state index is 0.236. The highest BCUT2D eigenvalue weighted by Gasteiger charge is 2.21. The standard InChI is InChI=1S/C18H22F2N2S/c1-13-21-15(12-23-13)11-22-9-3-4-14(10-22)7-8-16-17(19)5-2-6-18(16)20/h2,5-6,12,14H,3-4,7-11H2,1H3/t14-/m0/s1. The van der Waals surface area contributed by atoms with Crippen LogP contribution in [-0.4, -0.2) is 23.0 Å². The van der Waals surface area contributed by atoms with Crippen molar-refractivity contribution in [2.45, 2.75) is 39.2 Å². The molecule has 5 heteroatoms. The molecule has 0 N–H and O–H groups in total. The number of benzene rings is 1. The molecule has 0 aliphatic carbocycles. The van der Waals surface area contributed by atoms with Gasteiger partial charge in [-0.2, -0.15) is 0 Å². The van der Waals surface area contributed by atoms with Gasteiger partial charge < -0.3 is 0 Å². The monoisotopic (exact) mass is 336 g/mol. The first kappa shape index (κ1) is 16.5. The molecule has 1 aliphatic heterocycles. The van der Waals surface area contributed by atoms with E-state index in [4.69, 9.17) is 0 Å². The maximum atomic E-state index is 13.7. The number of halogens is 2. The summed E-state index contributed by atoms with van der Waals surface area (Å²) in [5.41, 5.74) is 1.37. The van der Waals surface area contributed by atoms with E-state index in [9.17, 15) is 8.78 Å². The number of hydrogen-bond donors (Lipinski definition) is 0. The Kier molecular flexibility index (Phi) is 5.38. The molecule has 0 spiro atoms. The van der Waals surface area contributed by atoms with E-state index in [1.165, 1.54) is 18.2 Å². The number of hydrogen-bond acceptors (Lipinski definition) is 3. The van der Waals surface area contributed by atoms with Crippen LogP contribution in [0.4, 0.5) is 8.78 Å². The normalized spacial score (nSPS) is 19.2. The third-order valence-electron chi connectivity index (χ3n) is 4.52. The third kappa shape index (κ3) is 4.36. The van der Waals surface area contributed by atoms with Gasteiger partial charge in [-0.1, -0.05) is 6.07 Å². The van der Waals surface area contributed by atoms with Crippen molar-refractivity contribution < 1.29 is 8.78 Å². The van der Waals surface area contributed by atoms with Crippen molar-refractivity contribution in [2.75, 3.05) is 13.1 Å². The largest absolute Gasteiger partial charge is 0.297 e. The predicted molar refractivity (Wildman–Crippen MR) is 89.5 cm³/mol. The summed E-state index contributed by atoms with van der Waals surface area (Å²) in [6, 6.07) is 4.11. The van der Waals surface area contributed by atoms with E-state index >= 15 is 0 Å². The lowest BCUT2D eigenvalue weighted by molar-refractivity contribution is 0.160. The molecule has 1 atom stereocenters. The number of nitrogens with zero attached hydrogens (tertiary/aromatic N) is 2. The zero-order chi connectivity index (χ0) is 16.2. The van der Waals surface area contributed by atoms with E-state index in [1.54, 1.807) is 11.3 Å². The number of aryl methyl sites for hydroxylation is 1. The summed E-state index contributed by atoms with van der Waals surface area (Å²) < 4.78 is 27.4. The molecule has 0 bridgehead atoms. The Hall–Kier alpha value is -1.33. The quantitative estimate of drug-likeness (QED) is 0.795. The van der Waals surface area contributed by atoms with Gasteiger partial charge in [0.2, 0.25) is 0 Å². The van der Waals surface area contributed by atoms with Crippen LogP contribution in [0, 0.1) is 24.5 Å². The van der Waals surface area contributed by atoms with Crippen LogP contribution in [0.5, 0.6) is 0 Å². The highest BCUT2D eigenvalue weighted by atomic mass is 32.1. The lowest BCUT2D eigenvalue weighted by atomic mass is 9.91. The van der Waals surface area contributed by atoms with E-state index in [1.807, 2.05) is 6.92 Å². The molecule has 0 unspecified atom stereocenters. The van der Waals surface area contributed by atoms with Crippen molar-refractivity contribution in [1.29, 1.82) is 0 Å². The van der Waals surface area contributed by atoms with Crippen LogP contribution in [0.3, 0.4) is 0 Å². The maximum Gasteiger partial charge on any atom is 0.129 e. The minimum Gasteiger partial charge on any atom is -0.297 e. The molecule has 1 aromatic carbocycles. The minimum atomic E-state index is -0.421. The van der Waals surface area contributed by atoms with Crippen molar-refractivity contribution in [1.82, 2.24) is 9.88 Å². The Balaban J connectivity index is 1.54. The van der Waals surface area contributed by atoms with Gasteiger partial charge in [0.05, 0.1) is 10.7 Å². The van der Waals surface area contributed by atoms with E-state index in [2.05, 4.69) is 15.3 Å². The van der Waals surface area contributed by atoms with Crippen LogP contribution in [0.15, 0.2) is 23.6 Å². The Labute approximate surface area is 140 Å². The first-order valence-electron chi connectivity index (χ1n) is 8.18. The zero-order valence-electron chi connectivity index (χ0n) is 13.4. The lowest BCUT2D eigenvalue weighted by Gasteiger charge is -2.32. The smallest absolute Gasteiger partial charge is 0.129 e. The summed E-state index contributed by atoms with van der Waals surface area (Å²) in [5, 5.41) is 3.22. The predicted octanol–water partition coefficient (Wildman–Crippen LogP) is 4.57. The van der Waals surface area contributed by atoms with E-state index in [0.29, 0.717) is 12.3 Å². The average Bonchev–Trinajstić information content (AvgIpc) is 2.92. The summed E-state index contributed by atoms with van der Waals surface area (Å²) in [6.45, 7) is 4.98. The second-order valence-corrected chi connectivity index (χ2v) is 7.40. The fourth-order valence-corrected chi connectivity index (χ4v) is 3.96. The second kappa shape index (κ2) is 7.49. The van der Waals surface area contributed by atoms with Crippen molar-refractivity contribution in [3.63, 3.8) is 0 Å². The summed E-state index contributed by atoms with van der Waals surface area (Å²) in [7, 11) is 0. The van der Waals surface area contributed by atoms with Crippen LogP contribution < -0.4 is 0 Å². The van der Waals surface area contributed by atoms with Gasteiger partial charge in [-0.3, -0.25) is 4.90 Å². The number of likely N-dealkylation sites (tertiary alicyclic amines) is 1. The molecule has 1 saturated heterocycles. The molecule has 2 heterocycles. The van der Waals surface area contributed by atoms with Crippen LogP contribution in [0.1, 0.15) is 35.5 Å². The van der Waals surface area contributed by atoms with Crippen molar-refractivity contribution in [3.05, 3.63) is 51.5 Å². The molecular formula is C18H22F2N2S. The zero-order valence-corrected chi connectivity index (χ0v) is 14.2. The van der Waals surface area contributed by atoms with Gasteiger partial charge in [-0.25, -0.2) is 13.8 Å². The Morgan fingerprint density at radius 1 is 1.30 bits per heavy atom. The van der Waals surface area contributed by atoms with Gasteiger partial charge in [-0.15, -0.1) is 11.3 Å². The van der Waals surface area contributed by atoms with Crippen LogP contribution >= 0.6 is 11.3 Å². The van der Waals surface area contributed by atoms with Gasteiger partial charge in [0.25, 0.3) is 0 Å². The van der Waals surface area contributed by atoms with E-state index < -0.39 is 11.6 Å². The maximum absolute atomic E-state index is 13.7. The summed E-state index contributed by atoms with van der Waals surface area (Å²) in [6.07, 6.45) is 3.60. The molecule has 3 rings (SSSR count). The molecule has 1 aliphatic rings. The number of piperidine rings is 1.